The second-order valence-corrected chi connectivity index (χ2v) is 4.81. The minimum absolute atomic E-state index is 0.0990. The van der Waals surface area contributed by atoms with Crippen molar-refractivity contribution < 1.29 is 9.53 Å². The lowest BCUT2D eigenvalue weighted by Crippen LogP contribution is -2.37. The molecular formula is C14H22N2O2. The van der Waals surface area contributed by atoms with Crippen molar-refractivity contribution >= 4 is 11.6 Å². The number of hydrogen-bond acceptors (Lipinski definition) is 3. The van der Waals surface area contributed by atoms with E-state index in [9.17, 15) is 4.79 Å². The van der Waals surface area contributed by atoms with Gasteiger partial charge in [0, 0.05) is 18.3 Å². The first-order valence-electron chi connectivity index (χ1n) is 6.29. The van der Waals surface area contributed by atoms with Gasteiger partial charge in [-0.05, 0) is 31.4 Å². The molecule has 1 atom stereocenters. The third kappa shape index (κ3) is 5.08. The van der Waals surface area contributed by atoms with Crippen LogP contribution >= 0.6 is 0 Å². The number of nitrogens with one attached hydrogen (secondary N) is 1. The fourth-order valence-electron chi connectivity index (χ4n) is 1.47. The van der Waals surface area contributed by atoms with Crippen molar-refractivity contribution in [2.24, 2.45) is 5.92 Å². The van der Waals surface area contributed by atoms with Gasteiger partial charge < -0.3 is 15.8 Å². The summed E-state index contributed by atoms with van der Waals surface area (Å²) in [6, 6.07) is 7.07. The molecule has 0 saturated heterocycles. The van der Waals surface area contributed by atoms with Crippen LogP contribution in [-0.2, 0) is 4.79 Å². The second-order valence-electron chi connectivity index (χ2n) is 4.81. The summed E-state index contributed by atoms with van der Waals surface area (Å²) in [5.41, 5.74) is 6.27. The highest BCUT2D eigenvalue weighted by molar-refractivity contribution is 5.80. The number of carbonyl (C=O) groups excluding carboxylic acids is 1. The van der Waals surface area contributed by atoms with Crippen LogP contribution in [0.15, 0.2) is 24.3 Å². The van der Waals surface area contributed by atoms with E-state index >= 15 is 0 Å². The van der Waals surface area contributed by atoms with E-state index in [1.54, 1.807) is 31.2 Å². The van der Waals surface area contributed by atoms with E-state index in [0.29, 0.717) is 23.9 Å². The summed E-state index contributed by atoms with van der Waals surface area (Å²) in [4.78, 5) is 11.7. The predicted molar refractivity (Wildman–Crippen MR) is 73.4 cm³/mol. The van der Waals surface area contributed by atoms with E-state index in [1.807, 2.05) is 0 Å². The Balaban J connectivity index is 2.40. The number of rotatable bonds is 6. The molecule has 0 fully saturated rings. The summed E-state index contributed by atoms with van der Waals surface area (Å²) in [7, 11) is 0. The molecule has 0 heterocycles. The van der Waals surface area contributed by atoms with Crippen LogP contribution in [0, 0.1) is 5.92 Å². The lowest BCUT2D eigenvalue weighted by atomic mass is 10.1. The fraction of sp³-hybridized carbons (Fsp3) is 0.500. The van der Waals surface area contributed by atoms with E-state index in [4.69, 9.17) is 10.5 Å². The fourth-order valence-corrected chi connectivity index (χ4v) is 1.47. The zero-order valence-corrected chi connectivity index (χ0v) is 11.3. The molecule has 0 bridgehead atoms. The molecule has 3 N–H and O–H groups in total. The van der Waals surface area contributed by atoms with Crippen molar-refractivity contribution in [2.75, 3.05) is 12.3 Å². The van der Waals surface area contributed by atoms with Gasteiger partial charge in [-0.2, -0.15) is 0 Å². The minimum Gasteiger partial charge on any atom is -0.481 e. The quantitative estimate of drug-likeness (QED) is 0.761. The number of carbonyl (C=O) groups is 1. The van der Waals surface area contributed by atoms with Crippen molar-refractivity contribution in [3.63, 3.8) is 0 Å². The smallest absolute Gasteiger partial charge is 0.260 e. The molecule has 0 aliphatic rings. The van der Waals surface area contributed by atoms with Gasteiger partial charge in [0.2, 0.25) is 0 Å². The molecule has 1 unspecified atom stereocenters. The lowest BCUT2D eigenvalue weighted by Gasteiger charge is -2.15. The van der Waals surface area contributed by atoms with Gasteiger partial charge in [-0.25, -0.2) is 0 Å². The van der Waals surface area contributed by atoms with Crippen LogP contribution in [0.4, 0.5) is 5.69 Å². The van der Waals surface area contributed by atoms with Crippen molar-refractivity contribution in [1.82, 2.24) is 5.32 Å². The maximum Gasteiger partial charge on any atom is 0.260 e. The zero-order chi connectivity index (χ0) is 13.5. The van der Waals surface area contributed by atoms with Crippen LogP contribution in [0.1, 0.15) is 27.2 Å². The predicted octanol–water partition coefficient (Wildman–Crippen LogP) is 2.20. The number of nitrogen functional groups attached to an aromatic ring is 1. The molecule has 0 aromatic heterocycles. The van der Waals surface area contributed by atoms with Gasteiger partial charge in [-0.1, -0.05) is 19.9 Å². The highest BCUT2D eigenvalue weighted by Crippen LogP contribution is 2.15. The number of amides is 1. The summed E-state index contributed by atoms with van der Waals surface area (Å²) < 4.78 is 5.52. The molecular weight excluding hydrogens is 228 g/mol. The average Bonchev–Trinajstić information content (AvgIpc) is 2.28. The number of ether oxygens (including phenoxy) is 1. The first kappa shape index (κ1) is 14.4. The van der Waals surface area contributed by atoms with Gasteiger partial charge in [-0.15, -0.1) is 0 Å². The molecule has 0 radical (unpaired) electrons. The highest BCUT2D eigenvalue weighted by Gasteiger charge is 2.14. The maximum atomic E-state index is 11.7. The number of benzene rings is 1. The van der Waals surface area contributed by atoms with Crippen LogP contribution in [0.5, 0.6) is 5.75 Å². The van der Waals surface area contributed by atoms with Crippen LogP contribution in [-0.4, -0.2) is 18.6 Å². The van der Waals surface area contributed by atoms with Gasteiger partial charge in [-0.3, -0.25) is 4.79 Å². The Morgan fingerprint density at radius 1 is 1.39 bits per heavy atom. The Morgan fingerprint density at radius 3 is 2.72 bits per heavy atom. The van der Waals surface area contributed by atoms with Crippen molar-refractivity contribution in [1.29, 1.82) is 0 Å². The first-order chi connectivity index (χ1) is 8.49. The molecule has 1 amide bonds. The van der Waals surface area contributed by atoms with Gasteiger partial charge in [0.05, 0.1) is 0 Å². The van der Waals surface area contributed by atoms with Crippen LogP contribution in [0.3, 0.4) is 0 Å². The Morgan fingerprint density at radius 2 is 2.11 bits per heavy atom. The summed E-state index contributed by atoms with van der Waals surface area (Å²) in [5.74, 6) is 1.09. The Bertz CT molecular complexity index is 391. The third-order valence-electron chi connectivity index (χ3n) is 2.56. The van der Waals surface area contributed by atoms with Crippen LogP contribution < -0.4 is 15.8 Å². The summed E-state index contributed by atoms with van der Waals surface area (Å²) in [6.07, 6.45) is 0.454. The zero-order valence-electron chi connectivity index (χ0n) is 11.3. The van der Waals surface area contributed by atoms with Gasteiger partial charge in [0.1, 0.15) is 5.75 Å². The molecule has 4 heteroatoms. The molecule has 0 aliphatic carbocycles. The summed E-state index contributed by atoms with van der Waals surface area (Å²) in [6.45, 7) is 6.66. The molecule has 1 rings (SSSR count). The Labute approximate surface area is 109 Å². The largest absolute Gasteiger partial charge is 0.481 e. The summed E-state index contributed by atoms with van der Waals surface area (Å²) in [5, 5.41) is 2.85. The Kier molecular flexibility index (Phi) is 5.49. The SMILES string of the molecule is CC(C)CCNC(=O)C(C)Oc1cccc(N)c1. The van der Waals surface area contributed by atoms with E-state index < -0.39 is 6.10 Å². The number of nitrogens with two attached hydrogens (primary N) is 1. The van der Waals surface area contributed by atoms with Crippen molar-refractivity contribution in [3.8, 4) is 5.75 Å². The lowest BCUT2D eigenvalue weighted by molar-refractivity contribution is -0.127. The van der Waals surface area contributed by atoms with Gasteiger partial charge in [0.15, 0.2) is 6.10 Å². The van der Waals surface area contributed by atoms with E-state index in [0.717, 1.165) is 6.42 Å². The minimum atomic E-state index is -0.515. The maximum absolute atomic E-state index is 11.7. The van der Waals surface area contributed by atoms with Crippen molar-refractivity contribution in [2.45, 2.75) is 33.3 Å². The van der Waals surface area contributed by atoms with Crippen LogP contribution in [0.2, 0.25) is 0 Å². The van der Waals surface area contributed by atoms with Gasteiger partial charge in [0.25, 0.3) is 5.91 Å². The summed E-state index contributed by atoms with van der Waals surface area (Å²) >= 11 is 0. The molecule has 0 saturated carbocycles. The van der Waals surface area contributed by atoms with E-state index in [1.165, 1.54) is 0 Å². The molecule has 100 valence electrons. The second kappa shape index (κ2) is 6.89. The molecule has 4 nitrogen and oxygen atoms in total. The molecule has 0 spiro atoms. The molecule has 18 heavy (non-hydrogen) atoms. The van der Waals surface area contributed by atoms with E-state index in [-0.39, 0.29) is 5.91 Å². The molecule has 0 aliphatic heterocycles. The first-order valence-corrected chi connectivity index (χ1v) is 6.29. The monoisotopic (exact) mass is 250 g/mol. The van der Waals surface area contributed by atoms with E-state index in [2.05, 4.69) is 19.2 Å². The number of anilines is 1. The Hall–Kier alpha value is -1.71. The van der Waals surface area contributed by atoms with Gasteiger partial charge >= 0.3 is 0 Å². The number of hydrogen-bond donors (Lipinski definition) is 2. The standard InChI is InChI=1S/C14H22N2O2/c1-10(2)7-8-16-14(17)11(3)18-13-6-4-5-12(15)9-13/h4-6,9-11H,7-8,15H2,1-3H3,(H,16,17). The van der Waals surface area contributed by atoms with Crippen molar-refractivity contribution in [3.05, 3.63) is 24.3 Å². The molecule has 1 aromatic carbocycles. The molecule has 1 aromatic rings. The highest BCUT2D eigenvalue weighted by atomic mass is 16.5. The topological polar surface area (TPSA) is 64.3 Å². The average molecular weight is 250 g/mol. The normalized spacial score (nSPS) is 12.2. The third-order valence-corrected chi connectivity index (χ3v) is 2.56. The van der Waals surface area contributed by atoms with Crippen LogP contribution in [0.25, 0.3) is 0 Å².